The van der Waals surface area contributed by atoms with Gasteiger partial charge in [-0.05, 0) is 49.1 Å². The summed E-state index contributed by atoms with van der Waals surface area (Å²) in [6.07, 6.45) is 9.63. The van der Waals surface area contributed by atoms with Crippen molar-refractivity contribution in [2.75, 3.05) is 10.6 Å². The molecule has 28 heavy (non-hydrogen) atoms. The second kappa shape index (κ2) is 7.53. The Morgan fingerprint density at radius 3 is 2.93 bits per heavy atom. The normalized spacial score (nSPS) is 15.4. The zero-order valence-electron chi connectivity index (χ0n) is 15.6. The van der Waals surface area contributed by atoms with Gasteiger partial charge in [0.2, 0.25) is 0 Å². The minimum absolute atomic E-state index is 0.105. The molecule has 1 aliphatic rings. The molecule has 7 heteroatoms. The number of anilines is 3. The SMILES string of the molecule is Cn1cc(Nc2cc(NC3CCCc4cc(C#N)cnc43)ccc2C=N)cn1. The molecule has 2 aromatic heterocycles. The first-order valence-corrected chi connectivity index (χ1v) is 9.22. The van der Waals surface area contributed by atoms with Gasteiger partial charge in [0.15, 0.2) is 0 Å². The third-order valence-electron chi connectivity index (χ3n) is 4.93. The Morgan fingerprint density at radius 2 is 2.18 bits per heavy atom. The van der Waals surface area contributed by atoms with Gasteiger partial charge in [-0.15, -0.1) is 0 Å². The minimum atomic E-state index is 0.105. The van der Waals surface area contributed by atoms with Gasteiger partial charge in [0.25, 0.3) is 0 Å². The molecule has 0 saturated carbocycles. The maximum atomic E-state index is 9.11. The van der Waals surface area contributed by atoms with Crippen LogP contribution in [0.5, 0.6) is 0 Å². The van der Waals surface area contributed by atoms with E-state index in [1.807, 2.05) is 37.5 Å². The molecule has 4 rings (SSSR count). The standard InChI is InChI=1S/C21H21N7/c1-28-13-18(12-25-28)27-20-8-17(6-5-16(20)10-23)26-19-4-2-3-15-7-14(9-22)11-24-21(15)19/h5-8,10-13,19,23,26-27H,2-4H2,1H3. The number of fused-ring (bicyclic) bond motifs is 1. The largest absolute Gasteiger partial charge is 0.377 e. The molecule has 1 atom stereocenters. The molecule has 0 aliphatic heterocycles. The Labute approximate surface area is 163 Å². The van der Waals surface area contributed by atoms with Crippen LogP contribution in [-0.4, -0.2) is 21.0 Å². The van der Waals surface area contributed by atoms with Crippen molar-refractivity contribution in [3.8, 4) is 6.07 Å². The van der Waals surface area contributed by atoms with Crippen molar-refractivity contribution in [3.63, 3.8) is 0 Å². The zero-order valence-corrected chi connectivity index (χ0v) is 15.6. The van der Waals surface area contributed by atoms with Gasteiger partial charge in [0.1, 0.15) is 6.07 Å². The number of aromatic nitrogens is 3. The number of benzene rings is 1. The first-order chi connectivity index (χ1) is 13.7. The predicted molar refractivity (Wildman–Crippen MR) is 109 cm³/mol. The number of nitrogens with zero attached hydrogens (tertiary/aromatic N) is 4. The molecule has 1 aliphatic carbocycles. The average molecular weight is 371 g/mol. The molecule has 0 bridgehead atoms. The van der Waals surface area contributed by atoms with Gasteiger partial charge in [0, 0.05) is 42.6 Å². The first-order valence-electron chi connectivity index (χ1n) is 9.22. The summed E-state index contributed by atoms with van der Waals surface area (Å²) in [5.74, 6) is 0. The third-order valence-corrected chi connectivity index (χ3v) is 4.93. The van der Waals surface area contributed by atoms with Crippen LogP contribution in [0, 0.1) is 16.7 Å². The predicted octanol–water partition coefficient (Wildman–Crippen LogP) is 3.92. The molecule has 7 nitrogen and oxygen atoms in total. The van der Waals surface area contributed by atoms with Gasteiger partial charge in [-0.2, -0.15) is 10.4 Å². The van der Waals surface area contributed by atoms with Gasteiger partial charge >= 0.3 is 0 Å². The van der Waals surface area contributed by atoms with Crippen molar-refractivity contribution in [2.24, 2.45) is 7.05 Å². The molecule has 0 spiro atoms. The van der Waals surface area contributed by atoms with E-state index in [-0.39, 0.29) is 6.04 Å². The number of aryl methyl sites for hydroxylation is 2. The quantitative estimate of drug-likeness (QED) is 0.590. The number of hydrogen-bond donors (Lipinski definition) is 3. The van der Waals surface area contributed by atoms with E-state index >= 15 is 0 Å². The summed E-state index contributed by atoms with van der Waals surface area (Å²) in [4.78, 5) is 4.55. The van der Waals surface area contributed by atoms with Crippen LogP contribution < -0.4 is 10.6 Å². The number of rotatable bonds is 5. The number of pyridine rings is 1. The highest BCUT2D eigenvalue weighted by Gasteiger charge is 2.22. The topological polar surface area (TPSA) is 102 Å². The van der Waals surface area contributed by atoms with Crippen molar-refractivity contribution in [2.45, 2.75) is 25.3 Å². The summed E-state index contributed by atoms with van der Waals surface area (Å²) in [5.41, 5.74) is 6.25. The number of nitriles is 1. The Hall–Kier alpha value is -3.66. The van der Waals surface area contributed by atoms with Crippen molar-refractivity contribution in [1.82, 2.24) is 14.8 Å². The van der Waals surface area contributed by atoms with Gasteiger partial charge in [0.05, 0.1) is 29.2 Å². The molecule has 1 aromatic carbocycles. The molecular weight excluding hydrogens is 350 g/mol. The first kappa shape index (κ1) is 17.7. The van der Waals surface area contributed by atoms with E-state index in [0.717, 1.165) is 53.1 Å². The van der Waals surface area contributed by atoms with Crippen molar-refractivity contribution < 1.29 is 0 Å². The molecule has 0 amide bonds. The van der Waals surface area contributed by atoms with E-state index in [4.69, 9.17) is 10.7 Å². The third kappa shape index (κ3) is 3.58. The van der Waals surface area contributed by atoms with Crippen LogP contribution in [-0.2, 0) is 13.5 Å². The summed E-state index contributed by atoms with van der Waals surface area (Å²) in [6.45, 7) is 0. The number of hydrogen-bond acceptors (Lipinski definition) is 6. The van der Waals surface area contributed by atoms with Crippen LogP contribution in [0.3, 0.4) is 0 Å². The monoisotopic (exact) mass is 371 g/mol. The van der Waals surface area contributed by atoms with E-state index in [0.29, 0.717) is 5.56 Å². The number of nitrogens with one attached hydrogen (secondary N) is 3. The summed E-state index contributed by atoms with van der Waals surface area (Å²) in [7, 11) is 1.87. The average Bonchev–Trinajstić information content (AvgIpc) is 3.12. The van der Waals surface area contributed by atoms with Crippen molar-refractivity contribution >= 4 is 23.3 Å². The van der Waals surface area contributed by atoms with Gasteiger partial charge in [-0.1, -0.05) is 0 Å². The van der Waals surface area contributed by atoms with Crippen LogP contribution in [0.1, 0.15) is 41.3 Å². The molecule has 1 unspecified atom stereocenters. The van der Waals surface area contributed by atoms with E-state index in [1.54, 1.807) is 17.1 Å². The fourth-order valence-electron chi connectivity index (χ4n) is 3.59. The molecule has 0 saturated heterocycles. The highest BCUT2D eigenvalue weighted by molar-refractivity contribution is 5.88. The lowest BCUT2D eigenvalue weighted by Gasteiger charge is -2.26. The molecular formula is C21H21N7. The van der Waals surface area contributed by atoms with Crippen LogP contribution >= 0.6 is 0 Å². The van der Waals surface area contributed by atoms with Crippen LogP contribution in [0.4, 0.5) is 17.1 Å². The fourth-order valence-corrected chi connectivity index (χ4v) is 3.59. The van der Waals surface area contributed by atoms with Crippen molar-refractivity contribution in [1.29, 1.82) is 10.7 Å². The zero-order chi connectivity index (χ0) is 19.5. The lowest BCUT2D eigenvalue weighted by molar-refractivity contribution is 0.583. The lowest BCUT2D eigenvalue weighted by atomic mass is 9.91. The van der Waals surface area contributed by atoms with Crippen LogP contribution in [0.25, 0.3) is 0 Å². The van der Waals surface area contributed by atoms with Gasteiger partial charge in [-0.25, -0.2) is 0 Å². The molecule has 140 valence electrons. The Kier molecular flexibility index (Phi) is 4.77. The van der Waals surface area contributed by atoms with E-state index in [9.17, 15) is 0 Å². The van der Waals surface area contributed by atoms with Crippen LogP contribution in [0.2, 0.25) is 0 Å². The summed E-state index contributed by atoms with van der Waals surface area (Å²) in [6, 6.07) is 10.1. The second-order valence-electron chi connectivity index (χ2n) is 6.94. The second-order valence-corrected chi connectivity index (χ2v) is 6.94. The Bertz CT molecular complexity index is 1060. The molecule has 0 fully saturated rings. The molecule has 2 heterocycles. The molecule has 3 aromatic rings. The maximum Gasteiger partial charge on any atom is 0.101 e. The van der Waals surface area contributed by atoms with Crippen molar-refractivity contribution in [3.05, 3.63) is 65.2 Å². The van der Waals surface area contributed by atoms with E-state index in [2.05, 4.69) is 26.8 Å². The van der Waals surface area contributed by atoms with E-state index < -0.39 is 0 Å². The highest BCUT2D eigenvalue weighted by atomic mass is 15.3. The minimum Gasteiger partial charge on any atom is -0.377 e. The fraction of sp³-hybridized carbons (Fsp3) is 0.238. The lowest BCUT2D eigenvalue weighted by Crippen LogP contribution is -2.19. The Morgan fingerprint density at radius 1 is 1.29 bits per heavy atom. The Balaban J connectivity index is 1.60. The smallest absolute Gasteiger partial charge is 0.101 e. The van der Waals surface area contributed by atoms with Gasteiger partial charge in [-0.3, -0.25) is 9.67 Å². The summed E-state index contributed by atoms with van der Waals surface area (Å²) >= 11 is 0. The maximum absolute atomic E-state index is 9.11. The summed E-state index contributed by atoms with van der Waals surface area (Å²) in [5, 5.41) is 27.9. The molecule has 3 N–H and O–H groups in total. The van der Waals surface area contributed by atoms with Gasteiger partial charge < -0.3 is 16.0 Å². The van der Waals surface area contributed by atoms with E-state index in [1.165, 1.54) is 6.21 Å². The summed E-state index contributed by atoms with van der Waals surface area (Å²) < 4.78 is 1.73. The highest BCUT2D eigenvalue weighted by Crippen LogP contribution is 2.33. The van der Waals surface area contributed by atoms with Crippen LogP contribution in [0.15, 0.2) is 42.9 Å². The molecule has 0 radical (unpaired) electrons.